The number of hydrogen-bond acceptors (Lipinski definition) is 9. The summed E-state index contributed by atoms with van der Waals surface area (Å²) in [4.78, 5) is 66.5. The van der Waals surface area contributed by atoms with Crippen molar-refractivity contribution >= 4 is 41.4 Å². The smallest absolute Gasteiger partial charge is 0.326 e. The first-order chi connectivity index (χ1) is 16.1. The van der Waals surface area contributed by atoms with Crippen LogP contribution in [-0.2, 0) is 30.4 Å². The number of imidazole rings is 1. The molecule has 0 aliphatic carbocycles. The molecular weight excluding hydrogens is 472 g/mol. The molecule has 4 unspecified atom stereocenters. The Morgan fingerprint density at radius 1 is 1.03 bits per heavy atom. The number of aromatic amines is 1. The third kappa shape index (κ3) is 10.2. The molecule has 0 bridgehead atoms. The van der Waals surface area contributed by atoms with Crippen LogP contribution in [0.4, 0.5) is 0 Å². The first-order valence-electron chi connectivity index (χ1n) is 10.3. The molecule has 0 aromatic carbocycles. The highest BCUT2D eigenvalue weighted by molar-refractivity contribution is 7.98. The highest BCUT2D eigenvalue weighted by Crippen LogP contribution is 2.04. The molecular formula is C19H30N6O8S. The molecule has 1 rings (SSSR count). The van der Waals surface area contributed by atoms with E-state index >= 15 is 0 Å². The van der Waals surface area contributed by atoms with Gasteiger partial charge in [-0.3, -0.25) is 19.2 Å². The number of carbonyl (C=O) groups excluding carboxylic acids is 3. The fourth-order valence-electron chi connectivity index (χ4n) is 2.77. The van der Waals surface area contributed by atoms with Crippen LogP contribution in [0.15, 0.2) is 12.5 Å². The zero-order chi connectivity index (χ0) is 25.7. The van der Waals surface area contributed by atoms with Gasteiger partial charge in [-0.2, -0.15) is 11.8 Å². The van der Waals surface area contributed by atoms with Crippen molar-refractivity contribution in [3.8, 4) is 0 Å². The number of aliphatic hydroxyl groups is 1. The van der Waals surface area contributed by atoms with Crippen molar-refractivity contribution < 1.29 is 39.3 Å². The van der Waals surface area contributed by atoms with E-state index in [9.17, 15) is 34.2 Å². The number of aliphatic carboxylic acids is 2. The fraction of sp³-hybridized carbons (Fsp3) is 0.579. The van der Waals surface area contributed by atoms with Crippen molar-refractivity contribution in [2.24, 2.45) is 5.73 Å². The Morgan fingerprint density at radius 2 is 1.65 bits per heavy atom. The second-order valence-corrected chi connectivity index (χ2v) is 8.29. The summed E-state index contributed by atoms with van der Waals surface area (Å²) in [7, 11) is 0. The number of thioether (sulfide) groups is 1. The van der Waals surface area contributed by atoms with Gasteiger partial charge in [-0.1, -0.05) is 0 Å². The Labute approximate surface area is 199 Å². The van der Waals surface area contributed by atoms with E-state index in [4.69, 9.17) is 10.8 Å². The highest BCUT2D eigenvalue weighted by Gasteiger charge is 2.30. The molecule has 0 aliphatic heterocycles. The van der Waals surface area contributed by atoms with Crippen molar-refractivity contribution in [1.29, 1.82) is 0 Å². The number of aliphatic hydroxyl groups excluding tert-OH is 1. The lowest BCUT2D eigenvalue weighted by Gasteiger charge is -2.24. The molecule has 0 spiro atoms. The number of carboxylic acid groups (broad SMARTS) is 2. The minimum absolute atomic E-state index is 0.0768. The summed E-state index contributed by atoms with van der Waals surface area (Å²) in [6, 6.07) is -5.20. The molecule has 3 amide bonds. The summed E-state index contributed by atoms with van der Waals surface area (Å²) in [5.74, 6) is -4.66. The van der Waals surface area contributed by atoms with Crippen LogP contribution in [-0.4, -0.2) is 97.7 Å². The normalized spacial score (nSPS) is 14.3. The molecule has 4 atom stereocenters. The second-order valence-electron chi connectivity index (χ2n) is 7.31. The van der Waals surface area contributed by atoms with Gasteiger partial charge in [0, 0.05) is 24.7 Å². The Balaban J connectivity index is 2.83. The number of H-pyrrole nitrogens is 1. The maximum absolute atomic E-state index is 12.7. The molecule has 1 aromatic heterocycles. The van der Waals surface area contributed by atoms with Crippen molar-refractivity contribution in [3.63, 3.8) is 0 Å². The number of hydrogen-bond donors (Lipinski definition) is 8. The Bertz CT molecular complexity index is 837. The van der Waals surface area contributed by atoms with E-state index in [1.54, 1.807) is 6.26 Å². The van der Waals surface area contributed by atoms with Gasteiger partial charge in [0.25, 0.3) is 0 Å². The molecule has 34 heavy (non-hydrogen) atoms. The lowest BCUT2D eigenvalue weighted by atomic mass is 10.1. The van der Waals surface area contributed by atoms with Crippen LogP contribution < -0.4 is 21.7 Å². The molecule has 0 saturated carbocycles. The van der Waals surface area contributed by atoms with Crippen LogP contribution in [0.1, 0.15) is 25.0 Å². The number of nitrogens with two attached hydrogens (primary N) is 1. The zero-order valence-corrected chi connectivity index (χ0v) is 19.3. The van der Waals surface area contributed by atoms with Crippen molar-refractivity contribution in [1.82, 2.24) is 25.9 Å². The van der Waals surface area contributed by atoms with Crippen LogP contribution >= 0.6 is 11.8 Å². The third-order valence-electron chi connectivity index (χ3n) is 4.65. The van der Waals surface area contributed by atoms with Gasteiger partial charge < -0.3 is 42.0 Å². The number of carboxylic acids is 2. The van der Waals surface area contributed by atoms with E-state index in [2.05, 4.69) is 25.9 Å². The molecule has 190 valence electrons. The summed E-state index contributed by atoms with van der Waals surface area (Å²) in [6.07, 6.45) is 4.06. The van der Waals surface area contributed by atoms with Crippen molar-refractivity contribution in [3.05, 3.63) is 18.2 Å². The summed E-state index contributed by atoms with van der Waals surface area (Å²) < 4.78 is 0. The summed E-state index contributed by atoms with van der Waals surface area (Å²) in [5, 5.41) is 34.6. The highest BCUT2D eigenvalue weighted by atomic mass is 32.2. The van der Waals surface area contributed by atoms with Crippen LogP contribution in [0.5, 0.6) is 0 Å². The average molecular weight is 503 g/mol. The quantitative estimate of drug-likeness (QED) is 0.117. The van der Waals surface area contributed by atoms with E-state index in [0.29, 0.717) is 11.4 Å². The number of amides is 3. The number of nitrogens with one attached hydrogen (secondary N) is 4. The monoisotopic (exact) mass is 502 g/mol. The van der Waals surface area contributed by atoms with E-state index in [0.717, 1.165) is 0 Å². The van der Waals surface area contributed by atoms with Gasteiger partial charge in [-0.15, -0.1) is 0 Å². The summed E-state index contributed by atoms with van der Waals surface area (Å²) in [5.41, 5.74) is 6.41. The maximum Gasteiger partial charge on any atom is 0.326 e. The average Bonchev–Trinajstić information content (AvgIpc) is 3.29. The number of rotatable bonds is 16. The van der Waals surface area contributed by atoms with Crippen LogP contribution in [0.2, 0.25) is 0 Å². The molecule has 0 radical (unpaired) electrons. The Morgan fingerprint density at radius 3 is 2.18 bits per heavy atom. The fourth-order valence-corrected chi connectivity index (χ4v) is 3.24. The van der Waals surface area contributed by atoms with Gasteiger partial charge in [0.15, 0.2) is 0 Å². The first kappa shape index (κ1) is 28.9. The third-order valence-corrected chi connectivity index (χ3v) is 5.30. The SMILES string of the molecule is CSCCC(NC(=O)C(CO)NC(=O)C(CCC(=O)O)NC(=O)C(N)Cc1cnc[nH]1)C(=O)O. The molecule has 14 nitrogen and oxygen atoms in total. The first-order valence-corrected chi connectivity index (χ1v) is 11.7. The lowest BCUT2D eigenvalue weighted by Crippen LogP contribution is -2.58. The molecule has 0 fully saturated rings. The number of nitrogens with zero attached hydrogens (tertiary/aromatic N) is 1. The molecule has 1 heterocycles. The van der Waals surface area contributed by atoms with E-state index in [-0.39, 0.29) is 19.3 Å². The van der Waals surface area contributed by atoms with Gasteiger partial charge in [-0.05, 0) is 24.9 Å². The van der Waals surface area contributed by atoms with Gasteiger partial charge >= 0.3 is 11.9 Å². The van der Waals surface area contributed by atoms with Crippen LogP contribution in [0, 0.1) is 0 Å². The minimum atomic E-state index is -1.52. The van der Waals surface area contributed by atoms with Crippen molar-refractivity contribution in [2.45, 2.75) is 49.9 Å². The largest absolute Gasteiger partial charge is 0.481 e. The standard InChI is InChI=1S/C19H30N6O8S/c1-34-5-4-13(19(32)33)24-18(31)14(8-26)25-17(30)12(2-3-15(27)28)23-16(29)11(20)6-10-7-21-9-22-10/h7,9,11-14,26H,2-6,8,20H2,1H3,(H,21,22)(H,23,29)(H,24,31)(H,25,30)(H,27,28)(H,32,33). The predicted molar refractivity (Wildman–Crippen MR) is 121 cm³/mol. The molecule has 1 aromatic rings. The van der Waals surface area contributed by atoms with E-state index in [1.807, 2.05) is 0 Å². The topological polar surface area (TPSA) is 237 Å². The molecule has 0 saturated heterocycles. The molecule has 15 heteroatoms. The van der Waals surface area contributed by atoms with Gasteiger partial charge in [-0.25, -0.2) is 9.78 Å². The van der Waals surface area contributed by atoms with E-state index < -0.39 is 66.9 Å². The lowest BCUT2D eigenvalue weighted by molar-refractivity contribution is -0.142. The summed E-state index contributed by atoms with van der Waals surface area (Å²) >= 11 is 1.38. The van der Waals surface area contributed by atoms with Gasteiger partial charge in [0.05, 0.1) is 19.0 Å². The predicted octanol–water partition coefficient (Wildman–Crippen LogP) is -2.57. The van der Waals surface area contributed by atoms with Gasteiger partial charge in [0.2, 0.25) is 17.7 Å². The van der Waals surface area contributed by atoms with Crippen LogP contribution in [0.25, 0.3) is 0 Å². The molecule has 9 N–H and O–H groups in total. The number of carbonyl (C=O) groups is 5. The number of aromatic nitrogens is 2. The maximum atomic E-state index is 12.7. The minimum Gasteiger partial charge on any atom is -0.481 e. The Kier molecular flexibility index (Phi) is 12.6. The van der Waals surface area contributed by atoms with Crippen LogP contribution in [0.3, 0.4) is 0 Å². The van der Waals surface area contributed by atoms with Gasteiger partial charge in [0.1, 0.15) is 18.1 Å². The molecule has 0 aliphatic rings. The zero-order valence-electron chi connectivity index (χ0n) is 18.5. The summed E-state index contributed by atoms with van der Waals surface area (Å²) in [6.45, 7) is -0.856. The second kappa shape index (κ2) is 14.9. The van der Waals surface area contributed by atoms with Crippen molar-refractivity contribution in [2.75, 3.05) is 18.6 Å². The van der Waals surface area contributed by atoms with E-state index in [1.165, 1.54) is 24.3 Å². The Hall–Kier alpha value is -3.17.